The van der Waals surface area contributed by atoms with Crippen molar-refractivity contribution in [1.82, 2.24) is 9.78 Å². The summed E-state index contributed by atoms with van der Waals surface area (Å²) < 4.78 is 3.21. The van der Waals surface area contributed by atoms with E-state index in [1.165, 1.54) is 5.69 Å². The van der Waals surface area contributed by atoms with Gasteiger partial charge in [-0.3, -0.25) is 4.68 Å². The van der Waals surface area contributed by atoms with Crippen LogP contribution in [0.1, 0.15) is 38.9 Å². The van der Waals surface area contributed by atoms with E-state index in [4.69, 9.17) is 0 Å². The van der Waals surface area contributed by atoms with Crippen LogP contribution in [0.25, 0.3) is 0 Å². The second kappa shape index (κ2) is 4.08. The summed E-state index contributed by atoms with van der Waals surface area (Å²) in [7, 11) is 0. The van der Waals surface area contributed by atoms with Crippen molar-refractivity contribution in [1.29, 1.82) is 0 Å². The second-order valence-corrected chi connectivity index (χ2v) is 4.08. The number of hydrogen-bond acceptors (Lipinski definition) is 1. The lowest BCUT2D eigenvalue weighted by Gasteiger charge is -2.10. The molecule has 0 aliphatic rings. The first-order chi connectivity index (χ1) is 5.66. The molecule has 0 radical (unpaired) electrons. The summed E-state index contributed by atoms with van der Waals surface area (Å²) in [6.45, 7) is 6.49. The number of nitrogens with zero attached hydrogens (tertiary/aromatic N) is 2. The van der Waals surface area contributed by atoms with E-state index >= 15 is 0 Å². The molecule has 0 saturated carbocycles. The molecule has 3 heteroatoms. The van der Waals surface area contributed by atoms with Gasteiger partial charge in [-0.25, -0.2) is 0 Å². The lowest BCUT2D eigenvalue weighted by atomic mass is 10.2. The van der Waals surface area contributed by atoms with Crippen molar-refractivity contribution in [2.75, 3.05) is 0 Å². The third-order valence-corrected chi connectivity index (χ3v) is 2.49. The van der Waals surface area contributed by atoms with Crippen molar-refractivity contribution < 1.29 is 0 Å². The highest BCUT2D eigenvalue weighted by Gasteiger charge is 2.09. The van der Waals surface area contributed by atoms with E-state index < -0.39 is 0 Å². The maximum absolute atomic E-state index is 4.30. The molecule has 1 rings (SSSR count). The van der Waals surface area contributed by atoms with E-state index in [-0.39, 0.29) is 0 Å². The molecule has 68 valence electrons. The van der Waals surface area contributed by atoms with E-state index in [1.807, 2.05) is 6.20 Å². The molecule has 0 unspecified atom stereocenters. The molecule has 0 aliphatic carbocycles. The Kier molecular flexibility index (Phi) is 3.32. The molecular formula is C9H15BrN2. The summed E-state index contributed by atoms with van der Waals surface area (Å²) >= 11 is 3.50. The normalized spacial score (nSPS) is 11.1. The van der Waals surface area contributed by atoms with Crippen LogP contribution in [0.15, 0.2) is 10.7 Å². The fourth-order valence-corrected chi connectivity index (χ4v) is 1.75. The second-order valence-electron chi connectivity index (χ2n) is 3.23. The first-order valence-corrected chi connectivity index (χ1v) is 5.18. The monoisotopic (exact) mass is 230 g/mol. The Morgan fingerprint density at radius 2 is 2.25 bits per heavy atom. The van der Waals surface area contributed by atoms with E-state index in [1.54, 1.807) is 0 Å². The summed E-state index contributed by atoms with van der Waals surface area (Å²) in [4.78, 5) is 0. The van der Waals surface area contributed by atoms with Gasteiger partial charge in [0.2, 0.25) is 0 Å². The topological polar surface area (TPSA) is 17.8 Å². The van der Waals surface area contributed by atoms with E-state index in [0.29, 0.717) is 6.04 Å². The average molecular weight is 231 g/mol. The van der Waals surface area contributed by atoms with Crippen LogP contribution in [0.2, 0.25) is 0 Å². The van der Waals surface area contributed by atoms with Crippen LogP contribution in [-0.4, -0.2) is 9.78 Å². The SMILES string of the molecule is CCCc1c(Br)cnn1C(C)C. The summed E-state index contributed by atoms with van der Waals surface area (Å²) in [5.41, 5.74) is 1.31. The summed E-state index contributed by atoms with van der Waals surface area (Å²) in [6.07, 6.45) is 4.14. The van der Waals surface area contributed by atoms with Crippen LogP contribution in [0.4, 0.5) is 0 Å². The first kappa shape index (κ1) is 9.78. The van der Waals surface area contributed by atoms with Gasteiger partial charge in [0.15, 0.2) is 0 Å². The van der Waals surface area contributed by atoms with Gasteiger partial charge in [0.05, 0.1) is 16.4 Å². The van der Waals surface area contributed by atoms with Crippen molar-refractivity contribution in [3.63, 3.8) is 0 Å². The molecule has 0 aromatic carbocycles. The van der Waals surface area contributed by atoms with Gasteiger partial charge in [-0.2, -0.15) is 5.10 Å². The summed E-state index contributed by atoms with van der Waals surface area (Å²) in [5.74, 6) is 0. The van der Waals surface area contributed by atoms with Gasteiger partial charge in [-0.1, -0.05) is 13.3 Å². The molecular weight excluding hydrogens is 216 g/mol. The van der Waals surface area contributed by atoms with Crippen molar-refractivity contribution in [3.8, 4) is 0 Å². The van der Waals surface area contributed by atoms with Crippen molar-refractivity contribution >= 4 is 15.9 Å². The van der Waals surface area contributed by atoms with Crippen LogP contribution in [0, 0.1) is 0 Å². The Balaban J connectivity index is 2.95. The minimum atomic E-state index is 0.456. The van der Waals surface area contributed by atoms with E-state index in [9.17, 15) is 0 Å². The van der Waals surface area contributed by atoms with Crippen LogP contribution in [-0.2, 0) is 6.42 Å². The summed E-state index contributed by atoms with van der Waals surface area (Å²) in [6, 6.07) is 0.456. The van der Waals surface area contributed by atoms with Crippen molar-refractivity contribution in [2.45, 2.75) is 39.7 Å². The molecule has 0 fully saturated rings. The first-order valence-electron chi connectivity index (χ1n) is 4.38. The van der Waals surface area contributed by atoms with Crippen LogP contribution in [0.3, 0.4) is 0 Å². The highest BCUT2D eigenvalue weighted by Crippen LogP contribution is 2.20. The molecule has 0 N–H and O–H groups in total. The molecule has 1 heterocycles. The van der Waals surface area contributed by atoms with Gasteiger partial charge >= 0.3 is 0 Å². The largest absolute Gasteiger partial charge is 0.266 e. The van der Waals surface area contributed by atoms with Gasteiger partial charge in [-0.15, -0.1) is 0 Å². The Morgan fingerprint density at radius 1 is 1.58 bits per heavy atom. The lowest BCUT2D eigenvalue weighted by Crippen LogP contribution is -2.07. The molecule has 12 heavy (non-hydrogen) atoms. The maximum Gasteiger partial charge on any atom is 0.0635 e. The minimum absolute atomic E-state index is 0.456. The molecule has 0 spiro atoms. The molecule has 0 atom stereocenters. The maximum atomic E-state index is 4.30. The number of rotatable bonds is 3. The molecule has 1 aromatic rings. The fraction of sp³-hybridized carbons (Fsp3) is 0.667. The third kappa shape index (κ3) is 1.89. The van der Waals surface area contributed by atoms with Crippen molar-refractivity contribution in [2.24, 2.45) is 0 Å². The standard InChI is InChI=1S/C9H15BrN2/c1-4-5-9-8(10)6-11-12(9)7(2)3/h6-7H,4-5H2,1-3H3. The minimum Gasteiger partial charge on any atom is -0.266 e. The average Bonchev–Trinajstić information content (AvgIpc) is 2.34. The Morgan fingerprint density at radius 3 is 2.75 bits per heavy atom. The van der Waals surface area contributed by atoms with Gasteiger partial charge in [0.25, 0.3) is 0 Å². The molecule has 0 amide bonds. The number of aromatic nitrogens is 2. The number of hydrogen-bond donors (Lipinski definition) is 0. The zero-order valence-electron chi connectivity index (χ0n) is 7.84. The smallest absolute Gasteiger partial charge is 0.0635 e. The van der Waals surface area contributed by atoms with Crippen LogP contribution in [0.5, 0.6) is 0 Å². The Hall–Kier alpha value is -0.310. The molecule has 0 bridgehead atoms. The zero-order chi connectivity index (χ0) is 9.14. The quantitative estimate of drug-likeness (QED) is 0.781. The molecule has 1 aromatic heterocycles. The Labute approximate surface area is 82.1 Å². The Bertz CT molecular complexity index is 253. The molecule has 2 nitrogen and oxygen atoms in total. The van der Waals surface area contributed by atoms with Gasteiger partial charge in [0.1, 0.15) is 0 Å². The molecule has 0 aliphatic heterocycles. The highest BCUT2D eigenvalue weighted by molar-refractivity contribution is 9.10. The zero-order valence-corrected chi connectivity index (χ0v) is 9.43. The highest BCUT2D eigenvalue weighted by atomic mass is 79.9. The fourth-order valence-electron chi connectivity index (χ4n) is 1.28. The lowest BCUT2D eigenvalue weighted by molar-refractivity contribution is 0.506. The number of halogens is 1. The van der Waals surface area contributed by atoms with Crippen LogP contribution < -0.4 is 0 Å². The van der Waals surface area contributed by atoms with E-state index in [2.05, 4.69) is 46.5 Å². The predicted octanol–water partition coefficient (Wildman–Crippen LogP) is 3.18. The van der Waals surface area contributed by atoms with Crippen LogP contribution >= 0.6 is 15.9 Å². The third-order valence-electron chi connectivity index (χ3n) is 1.82. The van der Waals surface area contributed by atoms with Crippen molar-refractivity contribution in [3.05, 3.63) is 16.4 Å². The van der Waals surface area contributed by atoms with Gasteiger partial charge in [-0.05, 0) is 36.2 Å². The summed E-state index contributed by atoms with van der Waals surface area (Å²) in [5, 5.41) is 4.30. The predicted molar refractivity (Wildman–Crippen MR) is 54.3 cm³/mol. The van der Waals surface area contributed by atoms with Gasteiger partial charge in [0, 0.05) is 6.04 Å². The molecule has 0 saturated heterocycles. The van der Waals surface area contributed by atoms with E-state index in [0.717, 1.165) is 17.3 Å². The van der Waals surface area contributed by atoms with Gasteiger partial charge < -0.3 is 0 Å².